The van der Waals surface area contributed by atoms with Crippen LogP contribution in [0.15, 0.2) is 18.2 Å². The van der Waals surface area contributed by atoms with Crippen LogP contribution in [0.4, 0.5) is 0 Å². The largest absolute Gasteiger partial charge is 0.504 e. The molecule has 1 aromatic carbocycles. The zero-order valence-corrected chi connectivity index (χ0v) is 10.9. The Morgan fingerprint density at radius 2 is 1.84 bits per heavy atom. The van der Waals surface area contributed by atoms with E-state index in [9.17, 15) is 13.2 Å². The Morgan fingerprint density at radius 3 is 2.26 bits per heavy atom. The number of carbonyl (C=O) groups excluding carboxylic acids is 1. The summed E-state index contributed by atoms with van der Waals surface area (Å²) < 4.78 is 25.9. The summed E-state index contributed by atoms with van der Waals surface area (Å²) in [4.78, 5) is 14.7. The molecule has 8 nitrogen and oxygen atoms in total. The maximum atomic E-state index is 10.7. The normalized spacial score (nSPS) is 10.3. The van der Waals surface area contributed by atoms with Crippen molar-refractivity contribution >= 4 is 16.1 Å². The number of phenolic OH excluding ortho intramolecular Hbond substituents is 2. The number of phenols is 2. The molecule has 1 rings (SSSR count). The Morgan fingerprint density at radius 1 is 1.32 bits per heavy atom. The number of hydrogen-bond acceptors (Lipinski definition) is 7. The highest BCUT2D eigenvalue weighted by atomic mass is 32.2. The maximum Gasteiger partial charge on any atom is 0.324 e. The van der Waals surface area contributed by atoms with Crippen molar-refractivity contribution in [2.75, 3.05) is 6.26 Å². The van der Waals surface area contributed by atoms with Gasteiger partial charge in [0.05, 0.1) is 12.7 Å². The van der Waals surface area contributed by atoms with Gasteiger partial charge in [-0.25, -0.2) is 0 Å². The van der Waals surface area contributed by atoms with E-state index in [1.54, 1.807) is 6.07 Å². The second-order valence-electron chi connectivity index (χ2n) is 3.55. The van der Waals surface area contributed by atoms with Crippen molar-refractivity contribution in [3.63, 3.8) is 0 Å². The fourth-order valence-corrected chi connectivity index (χ4v) is 1.03. The van der Waals surface area contributed by atoms with E-state index >= 15 is 0 Å². The molecule has 19 heavy (non-hydrogen) atoms. The van der Waals surface area contributed by atoms with E-state index in [0.717, 1.165) is 5.56 Å². The van der Waals surface area contributed by atoms with Gasteiger partial charge in [-0.15, -0.1) is 0 Å². The lowest BCUT2D eigenvalue weighted by Gasteiger charge is -2.02. The lowest BCUT2D eigenvalue weighted by molar-refractivity contribution is -0.144. The van der Waals surface area contributed by atoms with Crippen LogP contribution >= 0.6 is 0 Å². The number of aromatic hydroxyl groups is 2. The Bertz CT molecular complexity index is 519. The number of nitrogens with two attached hydrogens (primary N) is 1. The summed E-state index contributed by atoms with van der Waals surface area (Å²) in [5, 5.41) is 18.1. The van der Waals surface area contributed by atoms with E-state index in [1.807, 2.05) is 0 Å². The molecule has 9 heteroatoms. The van der Waals surface area contributed by atoms with Crippen LogP contribution in [0, 0.1) is 0 Å². The van der Waals surface area contributed by atoms with Gasteiger partial charge >= 0.3 is 5.97 Å². The Labute approximate surface area is 110 Å². The molecule has 0 amide bonds. The van der Waals surface area contributed by atoms with Crippen LogP contribution in [-0.2, 0) is 26.2 Å². The van der Waals surface area contributed by atoms with Gasteiger partial charge in [0.25, 0.3) is 10.1 Å². The molecule has 0 aliphatic rings. The SMILES string of the molecule is CS(=O)(=O)O.NOC(=O)CCc1ccc(O)c(O)c1. The minimum Gasteiger partial charge on any atom is -0.504 e. The molecule has 0 spiro atoms. The van der Waals surface area contributed by atoms with Gasteiger partial charge in [0, 0.05) is 0 Å². The fraction of sp³-hybridized carbons (Fsp3) is 0.300. The number of rotatable bonds is 3. The fourth-order valence-electron chi connectivity index (χ4n) is 1.03. The Hall–Kier alpha value is -1.84. The smallest absolute Gasteiger partial charge is 0.324 e. The molecule has 0 aliphatic heterocycles. The zero-order chi connectivity index (χ0) is 15.1. The highest BCUT2D eigenvalue weighted by molar-refractivity contribution is 7.85. The van der Waals surface area contributed by atoms with Gasteiger partial charge in [-0.1, -0.05) is 6.07 Å². The van der Waals surface area contributed by atoms with Gasteiger partial charge in [0.15, 0.2) is 11.5 Å². The molecule has 0 atom stereocenters. The third-order valence-corrected chi connectivity index (χ3v) is 1.79. The topological polar surface area (TPSA) is 147 Å². The van der Waals surface area contributed by atoms with Gasteiger partial charge in [0.2, 0.25) is 0 Å². The van der Waals surface area contributed by atoms with Crippen LogP contribution < -0.4 is 5.90 Å². The van der Waals surface area contributed by atoms with Crippen molar-refractivity contribution in [1.82, 2.24) is 0 Å². The molecule has 1 aromatic rings. The van der Waals surface area contributed by atoms with Crippen LogP contribution in [0.25, 0.3) is 0 Å². The predicted octanol–water partition coefficient (Wildman–Crippen LogP) is -0.0487. The first-order chi connectivity index (χ1) is 8.63. The van der Waals surface area contributed by atoms with E-state index in [1.165, 1.54) is 12.1 Å². The second-order valence-corrected chi connectivity index (χ2v) is 5.01. The summed E-state index contributed by atoms with van der Waals surface area (Å²) in [6, 6.07) is 4.36. The summed E-state index contributed by atoms with van der Waals surface area (Å²) in [6.07, 6.45) is 1.26. The van der Waals surface area contributed by atoms with Gasteiger partial charge in [-0.2, -0.15) is 14.3 Å². The number of benzene rings is 1. The van der Waals surface area contributed by atoms with E-state index < -0.39 is 16.1 Å². The lowest BCUT2D eigenvalue weighted by Crippen LogP contribution is -2.10. The molecule has 0 saturated heterocycles. The highest BCUT2D eigenvalue weighted by Crippen LogP contribution is 2.25. The molecule has 108 valence electrons. The highest BCUT2D eigenvalue weighted by Gasteiger charge is 2.04. The van der Waals surface area contributed by atoms with Crippen LogP contribution in [0.2, 0.25) is 0 Å². The minimum absolute atomic E-state index is 0.140. The summed E-state index contributed by atoms with van der Waals surface area (Å²) in [7, 11) is -3.67. The van der Waals surface area contributed by atoms with Gasteiger partial charge in [0.1, 0.15) is 0 Å². The van der Waals surface area contributed by atoms with Crippen molar-refractivity contribution in [3.8, 4) is 11.5 Å². The van der Waals surface area contributed by atoms with E-state index in [2.05, 4.69) is 10.7 Å². The standard InChI is InChI=1S/C9H11NO4.CH4O3S/c10-14-9(13)4-2-6-1-3-7(11)8(12)5-6;1-5(2,3)4/h1,3,5,11-12H,2,4,10H2;1H3,(H,2,3,4). The Balaban J connectivity index is 0.000000555. The summed E-state index contributed by atoms with van der Waals surface area (Å²) in [5.41, 5.74) is 0.728. The van der Waals surface area contributed by atoms with Crippen molar-refractivity contribution in [3.05, 3.63) is 23.8 Å². The summed E-state index contributed by atoms with van der Waals surface area (Å²) in [6.45, 7) is 0. The van der Waals surface area contributed by atoms with E-state index in [-0.39, 0.29) is 17.9 Å². The molecule has 0 aromatic heterocycles. The lowest BCUT2D eigenvalue weighted by atomic mass is 10.1. The van der Waals surface area contributed by atoms with Crippen molar-refractivity contribution < 1.29 is 32.8 Å². The molecular weight excluding hydrogens is 278 g/mol. The minimum atomic E-state index is -3.67. The van der Waals surface area contributed by atoms with E-state index in [0.29, 0.717) is 12.7 Å². The first-order valence-electron chi connectivity index (χ1n) is 4.96. The molecule has 5 N–H and O–H groups in total. The van der Waals surface area contributed by atoms with E-state index in [4.69, 9.17) is 14.8 Å². The first-order valence-corrected chi connectivity index (χ1v) is 6.81. The van der Waals surface area contributed by atoms with Crippen molar-refractivity contribution in [2.45, 2.75) is 12.8 Å². The van der Waals surface area contributed by atoms with Crippen LogP contribution in [0.5, 0.6) is 11.5 Å². The molecule has 0 fully saturated rings. The molecule has 0 heterocycles. The average Bonchev–Trinajstić information content (AvgIpc) is 2.28. The number of hydrogen-bond donors (Lipinski definition) is 4. The molecular formula is C10H15NO7S. The van der Waals surface area contributed by atoms with Crippen molar-refractivity contribution in [1.29, 1.82) is 0 Å². The maximum absolute atomic E-state index is 10.7. The molecule has 0 radical (unpaired) electrons. The monoisotopic (exact) mass is 293 g/mol. The second kappa shape index (κ2) is 7.56. The van der Waals surface area contributed by atoms with Crippen LogP contribution in [-0.4, -0.2) is 35.4 Å². The molecule has 0 unspecified atom stereocenters. The zero-order valence-electron chi connectivity index (χ0n) is 10.1. The van der Waals surface area contributed by atoms with Gasteiger partial charge in [-0.05, 0) is 24.1 Å². The number of aryl methyl sites for hydroxylation is 1. The first kappa shape index (κ1) is 17.2. The molecule has 0 bridgehead atoms. The average molecular weight is 293 g/mol. The quantitative estimate of drug-likeness (QED) is 0.344. The summed E-state index contributed by atoms with van der Waals surface area (Å²) in [5.74, 6) is 3.75. The van der Waals surface area contributed by atoms with Crippen molar-refractivity contribution in [2.24, 2.45) is 5.90 Å². The van der Waals surface area contributed by atoms with Gasteiger partial charge < -0.3 is 15.1 Å². The molecule has 0 saturated carbocycles. The Kier molecular flexibility index (Phi) is 6.83. The third-order valence-electron chi connectivity index (χ3n) is 1.79. The molecule has 0 aliphatic carbocycles. The van der Waals surface area contributed by atoms with Crippen LogP contribution in [0.3, 0.4) is 0 Å². The number of carbonyl (C=O) groups is 1. The summed E-state index contributed by atoms with van der Waals surface area (Å²) >= 11 is 0. The third kappa shape index (κ3) is 9.83. The van der Waals surface area contributed by atoms with Gasteiger partial charge in [-0.3, -0.25) is 9.35 Å². The van der Waals surface area contributed by atoms with Crippen LogP contribution in [0.1, 0.15) is 12.0 Å². The predicted molar refractivity (Wildman–Crippen MR) is 65.8 cm³/mol.